The Hall–Kier alpha value is -0.610. The highest BCUT2D eigenvalue weighted by Gasteiger charge is 2.38. The van der Waals surface area contributed by atoms with Crippen molar-refractivity contribution in [3.05, 3.63) is 0 Å². The minimum atomic E-state index is -0.729. The van der Waals surface area contributed by atoms with Crippen molar-refractivity contribution in [2.75, 3.05) is 20.3 Å². The molecule has 0 bridgehead atoms. The number of likely N-dealkylation sites (N-methyl/N-ethyl adjacent to an activating group) is 1. The molecule has 2 fully saturated rings. The second kappa shape index (κ2) is 4.72. The quantitative estimate of drug-likeness (QED) is 0.767. The summed E-state index contributed by atoms with van der Waals surface area (Å²) in [5.41, 5.74) is 0. The van der Waals surface area contributed by atoms with Crippen LogP contribution in [-0.2, 0) is 9.53 Å². The summed E-state index contributed by atoms with van der Waals surface area (Å²) in [5.74, 6) is -0.206. The molecule has 2 rings (SSSR count). The maximum Gasteiger partial charge on any atom is 0.310 e. The van der Waals surface area contributed by atoms with Crippen LogP contribution in [0.2, 0.25) is 0 Å². The molecule has 4 nitrogen and oxygen atoms in total. The smallest absolute Gasteiger partial charge is 0.310 e. The number of ether oxygens (including phenoxy) is 1. The molecular formula is C12H21NO3. The molecule has 0 spiro atoms. The summed E-state index contributed by atoms with van der Waals surface area (Å²) in [5, 5.41) is 9.10. The van der Waals surface area contributed by atoms with Crippen LogP contribution in [-0.4, -0.2) is 48.3 Å². The van der Waals surface area contributed by atoms with Crippen LogP contribution in [0.25, 0.3) is 0 Å². The van der Waals surface area contributed by atoms with Gasteiger partial charge in [-0.3, -0.25) is 9.69 Å². The average molecular weight is 227 g/mol. The number of nitrogens with zero attached hydrogens (tertiary/aromatic N) is 1. The van der Waals surface area contributed by atoms with Gasteiger partial charge >= 0.3 is 5.97 Å². The Morgan fingerprint density at radius 3 is 2.75 bits per heavy atom. The van der Waals surface area contributed by atoms with Crippen molar-refractivity contribution < 1.29 is 14.6 Å². The van der Waals surface area contributed by atoms with Gasteiger partial charge in [0.25, 0.3) is 0 Å². The molecule has 0 aromatic rings. The van der Waals surface area contributed by atoms with Crippen LogP contribution in [0.5, 0.6) is 0 Å². The summed E-state index contributed by atoms with van der Waals surface area (Å²) >= 11 is 0. The monoisotopic (exact) mass is 227 g/mol. The molecule has 0 aromatic heterocycles. The topological polar surface area (TPSA) is 49.8 Å². The molecule has 92 valence electrons. The molecule has 1 heterocycles. The van der Waals surface area contributed by atoms with E-state index in [0.717, 1.165) is 5.92 Å². The van der Waals surface area contributed by atoms with E-state index in [2.05, 4.69) is 11.8 Å². The minimum absolute atomic E-state index is 0.0475. The van der Waals surface area contributed by atoms with Gasteiger partial charge in [-0.05, 0) is 26.3 Å². The molecule has 0 aromatic carbocycles. The fraction of sp³-hybridized carbons (Fsp3) is 0.917. The number of carboxylic acids is 1. The van der Waals surface area contributed by atoms with Crippen molar-refractivity contribution in [1.82, 2.24) is 4.90 Å². The lowest BCUT2D eigenvalue weighted by atomic mass is 10.00. The van der Waals surface area contributed by atoms with Crippen LogP contribution in [0.3, 0.4) is 0 Å². The Bertz CT molecular complexity index is 265. The van der Waals surface area contributed by atoms with Crippen molar-refractivity contribution in [3.63, 3.8) is 0 Å². The molecule has 2 aliphatic rings. The fourth-order valence-electron chi connectivity index (χ4n) is 2.51. The summed E-state index contributed by atoms with van der Waals surface area (Å²) < 4.78 is 5.30. The summed E-state index contributed by atoms with van der Waals surface area (Å²) in [6.45, 7) is 3.11. The predicted molar refractivity (Wildman–Crippen MR) is 60.3 cm³/mol. The van der Waals surface area contributed by atoms with Gasteiger partial charge in [0.15, 0.2) is 0 Å². The van der Waals surface area contributed by atoms with E-state index in [1.54, 1.807) is 0 Å². The Kier molecular flexibility index (Phi) is 3.50. The van der Waals surface area contributed by atoms with E-state index in [1.165, 1.54) is 19.3 Å². The zero-order valence-electron chi connectivity index (χ0n) is 10.1. The standard InChI is InChI=1S/C12H21NO3/c1-8(5-9-3-4-9)13(2)11-7-16-6-10(11)12(14)15/h8-11H,3-7H2,1-2H3,(H,14,15). The Labute approximate surface area is 96.6 Å². The number of aliphatic carboxylic acids is 1. The number of hydrogen-bond donors (Lipinski definition) is 1. The molecular weight excluding hydrogens is 206 g/mol. The van der Waals surface area contributed by atoms with E-state index in [4.69, 9.17) is 9.84 Å². The van der Waals surface area contributed by atoms with Gasteiger partial charge in [-0.25, -0.2) is 0 Å². The predicted octanol–water partition coefficient (Wildman–Crippen LogP) is 1.21. The zero-order valence-corrected chi connectivity index (χ0v) is 10.1. The number of hydrogen-bond acceptors (Lipinski definition) is 3. The SMILES string of the molecule is CC(CC1CC1)N(C)C1COCC1C(=O)O. The largest absolute Gasteiger partial charge is 0.481 e. The highest BCUT2D eigenvalue weighted by molar-refractivity contribution is 5.71. The number of carboxylic acid groups (broad SMARTS) is 1. The van der Waals surface area contributed by atoms with E-state index in [0.29, 0.717) is 19.3 Å². The van der Waals surface area contributed by atoms with Gasteiger partial charge in [0.2, 0.25) is 0 Å². The number of carbonyl (C=O) groups is 1. The van der Waals surface area contributed by atoms with Crippen LogP contribution in [0.15, 0.2) is 0 Å². The molecule has 1 saturated heterocycles. The molecule has 1 aliphatic carbocycles. The van der Waals surface area contributed by atoms with Gasteiger partial charge in [-0.15, -0.1) is 0 Å². The summed E-state index contributed by atoms with van der Waals surface area (Å²) in [4.78, 5) is 13.3. The lowest BCUT2D eigenvalue weighted by Gasteiger charge is -2.32. The van der Waals surface area contributed by atoms with Crippen molar-refractivity contribution >= 4 is 5.97 Å². The van der Waals surface area contributed by atoms with E-state index in [-0.39, 0.29) is 12.0 Å². The molecule has 4 heteroatoms. The van der Waals surface area contributed by atoms with E-state index < -0.39 is 5.97 Å². The Morgan fingerprint density at radius 1 is 1.50 bits per heavy atom. The third kappa shape index (κ3) is 2.55. The zero-order chi connectivity index (χ0) is 11.7. The van der Waals surface area contributed by atoms with E-state index in [9.17, 15) is 4.79 Å². The lowest BCUT2D eigenvalue weighted by Crippen LogP contribution is -2.45. The van der Waals surface area contributed by atoms with Gasteiger partial charge in [-0.1, -0.05) is 12.8 Å². The molecule has 0 amide bonds. The van der Waals surface area contributed by atoms with Crippen LogP contribution >= 0.6 is 0 Å². The summed E-state index contributed by atoms with van der Waals surface area (Å²) in [6, 6.07) is 0.507. The van der Waals surface area contributed by atoms with E-state index in [1.807, 2.05) is 7.05 Å². The highest BCUT2D eigenvalue weighted by Crippen LogP contribution is 2.35. The van der Waals surface area contributed by atoms with Crippen molar-refractivity contribution in [2.24, 2.45) is 11.8 Å². The van der Waals surface area contributed by atoms with Crippen molar-refractivity contribution in [3.8, 4) is 0 Å². The summed E-state index contributed by atoms with van der Waals surface area (Å²) in [7, 11) is 2.03. The Balaban J connectivity index is 1.90. The average Bonchev–Trinajstić information content (AvgIpc) is 2.91. The van der Waals surface area contributed by atoms with Gasteiger partial charge in [0.1, 0.15) is 0 Å². The third-order valence-electron chi connectivity index (χ3n) is 3.96. The van der Waals surface area contributed by atoms with Crippen LogP contribution in [0.4, 0.5) is 0 Å². The van der Waals surface area contributed by atoms with Gasteiger partial charge in [0, 0.05) is 12.1 Å². The second-order valence-electron chi connectivity index (χ2n) is 5.24. The van der Waals surface area contributed by atoms with Gasteiger partial charge in [-0.2, -0.15) is 0 Å². The van der Waals surface area contributed by atoms with Crippen molar-refractivity contribution in [1.29, 1.82) is 0 Å². The first-order valence-electron chi connectivity index (χ1n) is 6.12. The lowest BCUT2D eigenvalue weighted by molar-refractivity contribution is -0.143. The maximum atomic E-state index is 11.1. The maximum absolute atomic E-state index is 11.1. The van der Waals surface area contributed by atoms with Crippen molar-refractivity contribution in [2.45, 2.75) is 38.3 Å². The first-order chi connectivity index (χ1) is 7.59. The van der Waals surface area contributed by atoms with Crippen LogP contribution < -0.4 is 0 Å². The third-order valence-corrected chi connectivity index (χ3v) is 3.96. The molecule has 1 N–H and O–H groups in total. The molecule has 3 unspecified atom stereocenters. The second-order valence-corrected chi connectivity index (χ2v) is 5.24. The van der Waals surface area contributed by atoms with Gasteiger partial charge < -0.3 is 9.84 Å². The molecule has 1 saturated carbocycles. The highest BCUT2D eigenvalue weighted by atomic mass is 16.5. The van der Waals surface area contributed by atoms with E-state index >= 15 is 0 Å². The first kappa shape index (κ1) is 11.9. The minimum Gasteiger partial charge on any atom is -0.481 e. The van der Waals surface area contributed by atoms with Gasteiger partial charge in [0.05, 0.1) is 19.1 Å². The summed E-state index contributed by atoms with van der Waals surface area (Å²) in [6.07, 6.45) is 3.89. The van der Waals surface area contributed by atoms with Crippen LogP contribution in [0.1, 0.15) is 26.2 Å². The molecule has 16 heavy (non-hydrogen) atoms. The first-order valence-corrected chi connectivity index (χ1v) is 6.12. The fourth-order valence-corrected chi connectivity index (χ4v) is 2.51. The molecule has 3 atom stereocenters. The molecule has 1 aliphatic heterocycles. The Morgan fingerprint density at radius 2 is 2.19 bits per heavy atom. The molecule has 0 radical (unpaired) electrons. The van der Waals surface area contributed by atoms with Crippen LogP contribution in [0, 0.1) is 11.8 Å². The number of rotatable bonds is 5. The normalized spacial score (nSPS) is 31.9.